The molecule has 0 unspecified atom stereocenters. The molecule has 3 rings (SSSR count). The van der Waals surface area contributed by atoms with Gasteiger partial charge in [0.25, 0.3) is 10.1 Å². The van der Waals surface area contributed by atoms with Gasteiger partial charge in [0.2, 0.25) is 10.0 Å². The average Bonchev–Trinajstić information content (AvgIpc) is 3.12. The van der Waals surface area contributed by atoms with Crippen LogP contribution >= 0.6 is 0 Å². The first-order valence-corrected chi connectivity index (χ1v) is 12.5. The summed E-state index contributed by atoms with van der Waals surface area (Å²) in [5.74, 6) is 0. The number of hydrogen-bond donors (Lipinski definition) is 1. The number of ether oxygens (including phenoxy) is 2. The Bertz CT molecular complexity index is 1190. The molecule has 1 aliphatic heterocycles. The van der Waals surface area contributed by atoms with Crippen LogP contribution in [0.1, 0.15) is 11.1 Å². The predicted octanol–water partition coefficient (Wildman–Crippen LogP) is 2.45. The van der Waals surface area contributed by atoms with Gasteiger partial charge in [0, 0.05) is 0 Å². The van der Waals surface area contributed by atoms with Gasteiger partial charge in [-0.1, -0.05) is 41.5 Å². The lowest BCUT2D eigenvalue weighted by Gasteiger charge is -2.23. The van der Waals surface area contributed by atoms with Crippen LogP contribution in [-0.2, 0) is 33.8 Å². The van der Waals surface area contributed by atoms with Crippen LogP contribution in [0.15, 0.2) is 71.0 Å². The van der Waals surface area contributed by atoms with Gasteiger partial charge in [-0.25, -0.2) is 17.9 Å². The van der Waals surface area contributed by atoms with Crippen LogP contribution in [-0.4, -0.2) is 47.8 Å². The van der Waals surface area contributed by atoms with E-state index in [2.05, 4.69) is 11.3 Å². The molecular weight excluding hydrogens is 458 g/mol. The molecule has 11 heteroatoms. The van der Waals surface area contributed by atoms with Gasteiger partial charge in [0.15, 0.2) is 12.2 Å². The first kappa shape index (κ1) is 23.9. The Labute approximate surface area is 187 Å². The highest BCUT2D eigenvalue weighted by Crippen LogP contribution is 2.23. The largest absolute Gasteiger partial charge is 0.509 e. The third-order valence-electron chi connectivity index (χ3n) is 4.77. The van der Waals surface area contributed by atoms with Crippen molar-refractivity contribution in [3.05, 3.63) is 72.3 Å². The molecule has 9 nitrogen and oxygen atoms in total. The monoisotopic (exact) mass is 481 g/mol. The highest BCUT2D eigenvalue weighted by atomic mass is 32.2. The van der Waals surface area contributed by atoms with Crippen molar-refractivity contribution in [1.29, 1.82) is 0 Å². The SMILES string of the molecule is C=C[C@H](NS(=O)(=O)c1ccc(C)cc1)[C@H]1OC(=O)O[C@@H]1COS(=O)(=O)c1ccc(C)cc1. The Morgan fingerprint density at radius 1 is 0.969 bits per heavy atom. The Morgan fingerprint density at radius 2 is 1.50 bits per heavy atom. The fraction of sp³-hybridized carbons (Fsp3) is 0.286. The van der Waals surface area contributed by atoms with Crippen LogP contribution in [0, 0.1) is 13.8 Å². The van der Waals surface area contributed by atoms with Crippen molar-refractivity contribution < 1.29 is 35.3 Å². The number of benzene rings is 2. The lowest BCUT2D eigenvalue weighted by atomic mass is 10.1. The van der Waals surface area contributed by atoms with Crippen LogP contribution in [0.2, 0.25) is 0 Å². The summed E-state index contributed by atoms with van der Waals surface area (Å²) in [5.41, 5.74) is 1.76. The summed E-state index contributed by atoms with van der Waals surface area (Å²) >= 11 is 0. The zero-order chi connectivity index (χ0) is 23.5. The molecule has 1 heterocycles. The van der Waals surface area contributed by atoms with Crippen molar-refractivity contribution in [1.82, 2.24) is 4.72 Å². The van der Waals surface area contributed by atoms with E-state index < -0.39 is 51.2 Å². The number of carbonyl (C=O) groups excluding carboxylic acids is 1. The summed E-state index contributed by atoms with van der Waals surface area (Å²) in [4.78, 5) is 11.7. The Morgan fingerprint density at radius 3 is 2.03 bits per heavy atom. The first-order valence-electron chi connectivity index (χ1n) is 9.57. The highest BCUT2D eigenvalue weighted by Gasteiger charge is 2.43. The average molecular weight is 482 g/mol. The molecule has 3 atom stereocenters. The molecule has 0 saturated carbocycles. The normalized spacial score (nSPS) is 19.8. The van der Waals surface area contributed by atoms with Gasteiger partial charge in [-0.15, -0.1) is 6.58 Å². The molecule has 1 N–H and O–H groups in total. The third kappa shape index (κ3) is 5.54. The maximum absolute atomic E-state index is 12.7. The number of cyclic esters (lactones) is 2. The summed E-state index contributed by atoms with van der Waals surface area (Å²) < 4.78 is 67.8. The first-order chi connectivity index (χ1) is 15.0. The Balaban J connectivity index is 1.74. The molecule has 0 amide bonds. The van der Waals surface area contributed by atoms with Gasteiger partial charge in [-0.05, 0) is 38.1 Å². The molecule has 32 heavy (non-hydrogen) atoms. The van der Waals surface area contributed by atoms with Gasteiger partial charge < -0.3 is 9.47 Å². The van der Waals surface area contributed by atoms with Crippen LogP contribution in [0.25, 0.3) is 0 Å². The van der Waals surface area contributed by atoms with E-state index >= 15 is 0 Å². The standard InChI is InChI=1S/C21H23NO8S2/c1-4-18(22-31(24,25)16-9-5-14(2)6-10-16)20-19(29-21(23)30-20)13-28-32(26,27)17-11-7-15(3)8-12-17/h4-12,18-20,22H,1,13H2,2-3H3/t18-,19+,20+/m0/s1. The molecule has 2 aromatic carbocycles. The number of nitrogens with one attached hydrogen (secondary N) is 1. The van der Waals surface area contributed by atoms with E-state index in [0.29, 0.717) is 0 Å². The minimum Gasteiger partial charge on any atom is -0.425 e. The molecule has 1 aliphatic rings. The number of rotatable bonds is 9. The molecule has 0 aliphatic carbocycles. The number of hydrogen-bond acceptors (Lipinski definition) is 8. The van der Waals surface area contributed by atoms with E-state index in [1.54, 1.807) is 24.3 Å². The highest BCUT2D eigenvalue weighted by molar-refractivity contribution is 7.89. The topological polar surface area (TPSA) is 125 Å². The molecule has 0 spiro atoms. The van der Waals surface area contributed by atoms with Gasteiger partial charge in [0.1, 0.15) is 6.61 Å². The quantitative estimate of drug-likeness (QED) is 0.329. The molecule has 0 aromatic heterocycles. The maximum Gasteiger partial charge on any atom is 0.509 e. The second kappa shape index (κ2) is 9.41. The van der Waals surface area contributed by atoms with Crippen molar-refractivity contribution in [3.8, 4) is 0 Å². The molecule has 2 aromatic rings. The fourth-order valence-electron chi connectivity index (χ4n) is 2.98. The summed E-state index contributed by atoms with van der Waals surface area (Å²) in [5, 5.41) is 0. The molecule has 0 bridgehead atoms. The number of carbonyl (C=O) groups is 1. The van der Waals surface area contributed by atoms with E-state index in [1.807, 2.05) is 13.8 Å². The molecule has 0 radical (unpaired) electrons. The molecule has 172 valence electrons. The summed E-state index contributed by atoms with van der Waals surface area (Å²) in [6, 6.07) is 11.1. The molecule has 1 saturated heterocycles. The Hall–Kier alpha value is -2.73. The van der Waals surface area contributed by atoms with Gasteiger partial charge in [0.05, 0.1) is 15.8 Å². The zero-order valence-electron chi connectivity index (χ0n) is 17.4. The second-order valence-corrected chi connectivity index (χ2v) is 10.6. The minimum absolute atomic E-state index is 0.00920. The van der Waals surface area contributed by atoms with Crippen LogP contribution < -0.4 is 4.72 Å². The summed E-state index contributed by atoms with van der Waals surface area (Å²) in [6.07, 6.45) is -2.21. The van der Waals surface area contributed by atoms with E-state index in [0.717, 1.165) is 11.1 Å². The van der Waals surface area contributed by atoms with Gasteiger partial charge in [-0.2, -0.15) is 8.42 Å². The van der Waals surface area contributed by atoms with Crippen LogP contribution in [0.5, 0.6) is 0 Å². The fourth-order valence-corrected chi connectivity index (χ4v) is 5.12. The lowest BCUT2D eigenvalue weighted by Crippen LogP contribution is -2.47. The van der Waals surface area contributed by atoms with Crippen molar-refractivity contribution in [2.24, 2.45) is 0 Å². The van der Waals surface area contributed by atoms with Crippen molar-refractivity contribution in [2.45, 2.75) is 41.9 Å². The third-order valence-corrected chi connectivity index (χ3v) is 7.54. The van der Waals surface area contributed by atoms with Crippen molar-refractivity contribution >= 4 is 26.3 Å². The zero-order valence-corrected chi connectivity index (χ0v) is 19.1. The lowest BCUT2D eigenvalue weighted by molar-refractivity contribution is 0.0892. The van der Waals surface area contributed by atoms with Crippen LogP contribution in [0.3, 0.4) is 0 Å². The van der Waals surface area contributed by atoms with Crippen molar-refractivity contribution in [2.75, 3.05) is 6.61 Å². The predicted molar refractivity (Wildman–Crippen MR) is 115 cm³/mol. The van der Waals surface area contributed by atoms with Gasteiger partial charge in [-0.3, -0.25) is 4.18 Å². The van der Waals surface area contributed by atoms with Crippen LogP contribution in [0.4, 0.5) is 4.79 Å². The van der Waals surface area contributed by atoms with Crippen molar-refractivity contribution in [3.63, 3.8) is 0 Å². The number of aryl methyl sites for hydroxylation is 2. The summed E-state index contributed by atoms with van der Waals surface area (Å²) in [6.45, 7) is 6.65. The number of sulfonamides is 1. The minimum atomic E-state index is -4.13. The summed E-state index contributed by atoms with van der Waals surface area (Å²) in [7, 11) is -8.12. The van der Waals surface area contributed by atoms with E-state index in [4.69, 9.17) is 13.7 Å². The van der Waals surface area contributed by atoms with E-state index in [9.17, 15) is 21.6 Å². The molecule has 1 fully saturated rings. The Kier molecular flexibility index (Phi) is 7.03. The van der Waals surface area contributed by atoms with Gasteiger partial charge >= 0.3 is 6.16 Å². The second-order valence-electron chi connectivity index (χ2n) is 7.24. The van der Waals surface area contributed by atoms with E-state index in [1.165, 1.54) is 30.3 Å². The smallest absolute Gasteiger partial charge is 0.425 e. The molecular formula is C21H23NO8S2. The van der Waals surface area contributed by atoms with E-state index in [-0.39, 0.29) is 9.79 Å². The maximum atomic E-state index is 12.7.